The third kappa shape index (κ3) is 4.52. The number of ether oxygens (including phenoxy) is 3. The van der Waals surface area contributed by atoms with E-state index in [4.69, 9.17) is 14.2 Å². The number of nitrogens with zero attached hydrogens (tertiary/aromatic N) is 1. The Bertz CT molecular complexity index is 1110. The fourth-order valence-electron chi connectivity index (χ4n) is 5.68. The molecule has 2 unspecified atom stereocenters. The van der Waals surface area contributed by atoms with Crippen LogP contribution in [0, 0.1) is 0 Å². The average Bonchev–Trinajstić information content (AvgIpc) is 3.37. The first kappa shape index (κ1) is 22.8. The van der Waals surface area contributed by atoms with E-state index in [1.165, 1.54) is 42.6 Å². The molecular weight excluding hydrogens is 422 g/mol. The van der Waals surface area contributed by atoms with E-state index in [0.29, 0.717) is 6.61 Å². The van der Waals surface area contributed by atoms with Gasteiger partial charge in [-0.1, -0.05) is 54.6 Å². The van der Waals surface area contributed by atoms with Crippen LogP contribution in [0.3, 0.4) is 0 Å². The van der Waals surface area contributed by atoms with Crippen molar-refractivity contribution < 1.29 is 14.2 Å². The van der Waals surface area contributed by atoms with E-state index in [0.717, 1.165) is 23.8 Å². The number of para-hydroxylation sites is 1. The third-order valence-corrected chi connectivity index (χ3v) is 7.29. The number of rotatable bonds is 7. The van der Waals surface area contributed by atoms with Gasteiger partial charge in [0, 0.05) is 35.6 Å². The Morgan fingerprint density at radius 1 is 0.912 bits per heavy atom. The minimum atomic E-state index is -0.423. The molecule has 0 saturated carbocycles. The summed E-state index contributed by atoms with van der Waals surface area (Å²) in [5.41, 5.74) is 3.23. The lowest BCUT2D eigenvalue weighted by atomic mass is 9.68. The molecule has 1 saturated heterocycles. The van der Waals surface area contributed by atoms with Gasteiger partial charge in [0.15, 0.2) is 0 Å². The van der Waals surface area contributed by atoms with Crippen molar-refractivity contribution in [2.45, 2.75) is 44.1 Å². The lowest BCUT2D eigenvalue weighted by Crippen LogP contribution is -2.43. The van der Waals surface area contributed by atoms with Gasteiger partial charge < -0.3 is 14.2 Å². The molecule has 2 aliphatic heterocycles. The summed E-state index contributed by atoms with van der Waals surface area (Å²) in [6.45, 7) is 8.43. The second-order valence-electron chi connectivity index (χ2n) is 9.91. The van der Waals surface area contributed by atoms with E-state index in [1.807, 2.05) is 12.1 Å². The molecule has 3 aromatic carbocycles. The van der Waals surface area contributed by atoms with Crippen molar-refractivity contribution >= 4 is 0 Å². The Morgan fingerprint density at radius 2 is 1.65 bits per heavy atom. The van der Waals surface area contributed by atoms with Crippen LogP contribution in [0.25, 0.3) is 0 Å². The van der Waals surface area contributed by atoms with Crippen LogP contribution in [-0.2, 0) is 0 Å². The maximum Gasteiger partial charge on any atom is 0.127 e. The van der Waals surface area contributed by atoms with E-state index in [9.17, 15) is 0 Å². The van der Waals surface area contributed by atoms with Gasteiger partial charge in [0.05, 0.1) is 7.11 Å². The molecule has 0 bridgehead atoms. The van der Waals surface area contributed by atoms with Gasteiger partial charge in [0.25, 0.3) is 0 Å². The van der Waals surface area contributed by atoms with Gasteiger partial charge in [-0.25, -0.2) is 0 Å². The largest absolute Gasteiger partial charge is 0.497 e. The minimum Gasteiger partial charge on any atom is -0.497 e. The van der Waals surface area contributed by atoms with E-state index in [-0.39, 0.29) is 11.8 Å². The molecule has 0 radical (unpaired) electrons. The van der Waals surface area contributed by atoms with Crippen molar-refractivity contribution in [2.24, 2.45) is 0 Å². The molecule has 0 spiro atoms. The third-order valence-electron chi connectivity index (χ3n) is 7.29. The zero-order valence-electron chi connectivity index (χ0n) is 20.5. The zero-order valence-corrected chi connectivity index (χ0v) is 20.5. The first-order chi connectivity index (χ1) is 16.6. The molecule has 4 nitrogen and oxygen atoms in total. The molecule has 1 fully saturated rings. The van der Waals surface area contributed by atoms with Gasteiger partial charge >= 0.3 is 0 Å². The normalized spacial score (nSPS) is 21.5. The van der Waals surface area contributed by atoms with Crippen molar-refractivity contribution in [1.29, 1.82) is 0 Å². The van der Waals surface area contributed by atoms with Crippen molar-refractivity contribution in [2.75, 3.05) is 33.4 Å². The predicted octanol–water partition coefficient (Wildman–Crippen LogP) is 6.26. The van der Waals surface area contributed by atoms with Gasteiger partial charge in [-0.3, -0.25) is 4.90 Å². The molecule has 34 heavy (non-hydrogen) atoms. The van der Waals surface area contributed by atoms with Gasteiger partial charge in [-0.05, 0) is 57.5 Å². The average molecular weight is 458 g/mol. The first-order valence-electron chi connectivity index (χ1n) is 12.4. The Kier molecular flexibility index (Phi) is 6.51. The standard InChI is InChI=1S/C30H35NO3/c1-30(2)29(22-11-5-4-6-12-22)28(25-16-15-23(32-3)21-27(25)34-30)24-13-7-8-14-26(24)33-20-19-31-17-9-10-18-31/h4-8,11-16,21,28-29H,9-10,17-20H2,1-3H3. The van der Waals surface area contributed by atoms with Crippen molar-refractivity contribution in [3.8, 4) is 17.2 Å². The topological polar surface area (TPSA) is 30.9 Å². The van der Waals surface area contributed by atoms with Gasteiger partial charge in [-0.15, -0.1) is 0 Å². The molecule has 2 heterocycles. The van der Waals surface area contributed by atoms with Crippen LogP contribution in [0.4, 0.5) is 0 Å². The van der Waals surface area contributed by atoms with Crippen molar-refractivity contribution in [1.82, 2.24) is 4.90 Å². The van der Waals surface area contributed by atoms with E-state index in [2.05, 4.69) is 79.4 Å². The Morgan fingerprint density at radius 3 is 2.41 bits per heavy atom. The van der Waals surface area contributed by atoms with Crippen molar-refractivity contribution in [3.63, 3.8) is 0 Å². The van der Waals surface area contributed by atoms with Gasteiger partial charge in [0.1, 0.15) is 29.5 Å². The number of hydrogen-bond donors (Lipinski definition) is 0. The van der Waals surface area contributed by atoms with Crippen molar-refractivity contribution in [3.05, 3.63) is 89.5 Å². The number of hydrogen-bond acceptors (Lipinski definition) is 4. The fraction of sp³-hybridized carbons (Fsp3) is 0.400. The maximum absolute atomic E-state index is 6.64. The summed E-state index contributed by atoms with van der Waals surface area (Å²) < 4.78 is 18.6. The van der Waals surface area contributed by atoms with Crippen LogP contribution in [0.1, 0.15) is 55.2 Å². The monoisotopic (exact) mass is 457 g/mol. The molecule has 4 heteroatoms. The summed E-state index contributed by atoms with van der Waals surface area (Å²) in [7, 11) is 1.70. The number of likely N-dealkylation sites (tertiary alicyclic amines) is 1. The van der Waals surface area contributed by atoms with Gasteiger partial charge in [-0.2, -0.15) is 0 Å². The summed E-state index contributed by atoms with van der Waals surface area (Å²) in [5.74, 6) is 2.87. The summed E-state index contributed by atoms with van der Waals surface area (Å²) in [4.78, 5) is 2.49. The van der Waals surface area contributed by atoms with E-state index >= 15 is 0 Å². The van der Waals surface area contributed by atoms with Crippen LogP contribution in [-0.4, -0.2) is 43.9 Å². The molecule has 0 amide bonds. The maximum atomic E-state index is 6.64. The van der Waals surface area contributed by atoms with E-state index < -0.39 is 5.60 Å². The van der Waals surface area contributed by atoms with Crippen LogP contribution in [0.15, 0.2) is 72.8 Å². The van der Waals surface area contributed by atoms with Crippen LogP contribution >= 0.6 is 0 Å². The van der Waals surface area contributed by atoms with Crippen LogP contribution in [0.2, 0.25) is 0 Å². The van der Waals surface area contributed by atoms with Gasteiger partial charge in [0.2, 0.25) is 0 Å². The number of benzene rings is 3. The Hall–Kier alpha value is -2.98. The molecule has 5 rings (SSSR count). The summed E-state index contributed by atoms with van der Waals surface area (Å²) in [6, 6.07) is 25.5. The molecule has 0 aliphatic carbocycles. The summed E-state index contributed by atoms with van der Waals surface area (Å²) >= 11 is 0. The SMILES string of the molecule is COc1ccc2c(c1)OC(C)(C)C(c1ccccc1)C2c1ccccc1OCCN1CCCC1. The Labute approximate surface area is 203 Å². The molecular formula is C30H35NO3. The highest BCUT2D eigenvalue weighted by atomic mass is 16.5. The van der Waals surface area contributed by atoms with E-state index in [1.54, 1.807) is 7.11 Å². The molecule has 0 N–H and O–H groups in total. The molecule has 2 aliphatic rings. The first-order valence-corrected chi connectivity index (χ1v) is 12.4. The molecule has 2 atom stereocenters. The molecule has 178 valence electrons. The smallest absolute Gasteiger partial charge is 0.127 e. The lowest BCUT2D eigenvalue weighted by molar-refractivity contribution is 0.0523. The number of fused-ring (bicyclic) bond motifs is 1. The fourth-order valence-corrected chi connectivity index (χ4v) is 5.68. The molecule has 0 aromatic heterocycles. The van der Waals surface area contributed by atoms with Crippen LogP contribution < -0.4 is 14.2 Å². The predicted molar refractivity (Wildman–Crippen MR) is 136 cm³/mol. The summed E-state index contributed by atoms with van der Waals surface area (Å²) in [5, 5.41) is 0. The lowest BCUT2D eigenvalue weighted by Gasteiger charge is -2.46. The zero-order chi connectivity index (χ0) is 23.5. The minimum absolute atomic E-state index is 0.0926. The highest BCUT2D eigenvalue weighted by Gasteiger charge is 2.46. The highest BCUT2D eigenvalue weighted by Crippen LogP contribution is 2.54. The molecule has 3 aromatic rings. The Balaban J connectivity index is 1.57. The summed E-state index contributed by atoms with van der Waals surface area (Å²) in [6.07, 6.45) is 2.60. The van der Waals surface area contributed by atoms with Crippen LogP contribution in [0.5, 0.6) is 17.2 Å². The second-order valence-corrected chi connectivity index (χ2v) is 9.91. The number of methoxy groups -OCH3 is 1. The quantitative estimate of drug-likeness (QED) is 0.419. The second kappa shape index (κ2) is 9.71. The highest BCUT2D eigenvalue weighted by molar-refractivity contribution is 5.54.